The lowest BCUT2D eigenvalue weighted by Gasteiger charge is -2.11. The van der Waals surface area contributed by atoms with E-state index in [0.717, 1.165) is 43.4 Å². The second kappa shape index (κ2) is 13.0. The molecule has 200 valence electrons. The van der Waals surface area contributed by atoms with Crippen LogP contribution in [0.25, 0.3) is 11.0 Å². The molecule has 38 heavy (non-hydrogen) atoms. The average molecular weight is 517 g/mol. The minimum atomic E-state index is -0.923. The van der Waals surface area contributed by atoms with Gasteiger partial charge in [-0.1, -0.05) is 31.9 Å². The number of hydrogen-bond acceptors (Lipinski definition) is 5. The molecule has 0 radical (unpaired) electrons. The zero-order valence-corrected chi connectivity index (χ0v) is 22.7. The molecule has 0 aliphatic rings. The SMILES string of the molecule is CC(CC(=O)O)CC(=O)c1c(CCCCCCc2cccc(C(=O)N(C)C)c2)n(C)c2ncc(C#N)cc12. The predicted octanol–water partition coefficient (Wildman–Crippen LogP) is 5.18. The highest BCUT2D eigenvalue weighted by atomic mass is 16.4. The first-order chi connectivity index (χ1) is 18.1. The number of amides is 1. The van der Waals surface area contributed by atoms with Gasteiger partial charge in [0.15, 0.2) is 5.78 Å². The first-order valence-corrected chi connectivity index (χ1v) is 13.0. The fraction of sp³-hybridized carbons (Fsp3) is 0.433. The zero-order valence-electron chi connectivity index (χ0n) is 22.7. The van der Waals surface area contributed by atoms with E-state index in [1.54, 1.807) is 32.0 Å². The van der Waals surface area contributed by atoms with Gasteiger partial charge in [-0.25, -0.2) is 4.98 Å². The normalized spacial score (nSPS) is 11.8. The molecule has 1 atom stereocenters. The Morgan fingerprint density at radius 2 is 1.79 bits per heavy atom. The van der Waals surface area contributed by atoms with Crippen molar-refractivity contribution in [1.29, 1.82) is 5.26 Å². The summed E-state index contributed by atoms with van der Waals surface area (Å²) in [5.74, 6) is -1.32. The summed E-state index contributed by atoms with van der Waals surface area (Å²) in [6.07, 6.45) is 7.05. The van der Waals surface area contributed by atoms with Crippen LogP contribution in [0, 0.1) is 17.2 Å². The second-order valence-corrected chi connectivity index (χ2v) is 10.2. The maximum absolute atomic E-state index is 13.3. The average Bonchev–Trinajstić information content (AvgIpc) is 3.15. The number of aryl methyl sites for hydroxylation is 2. The number of carbonyl (C=O) groups is 3. The highest BCUT2D eigenvalue weighted by Gasteiger charge is 2.24. The molecule has 2 heterocycles. The van der Waals surface area contributed by atoms with Crippen molar-refractivity contribution in [1.82, 2.24) is 14.5 Å². The molecule has 0 bridgehead atoms. The van der Waals surface area contributed by atoms with Crippen LogP contribution in [0.3, 0.4) is 0 Å². The number of unbranched alkanes of at least 4 members (excludes halogenated alkanes) is 3. The lowest BCUT2D eigenvalue weighted by molar-refractivity contribution is -0.137. The first-order valence-electron chi connectivity index (χ1n) is 13.0. The van der Waals surface area contributed by atoms with Gasteiger partial charge >= 0.3 is 5.97 Å². The van der Waals surface area contributed by atoms with Gasteiger partial charge < -0.3 is 14.6 Å². The zero-order chi connectivity index (χ0) is 27.8. The number of rotatable bonds is 13. The van der Waals surface area contributed by atoms with Gasteiger partial charge in [-0.05, 0) is 55.4 Å². The van der Waals surface area contributed by atoms with Gasteiger partial charge in [0.2, 0.25) is 0 Å². The maximum Gasteiger partial charge on any atom is 0.303 e. The predicted molar refractivity (Wildman–Crippen MR) is 146 cm³/mol. The number of nitriles is 1. The highest BCUT2D eigenvalue weighted by Crippen LogP contribution is 2.29. The van der Waals surface area contributed by atoms with Gasteiger partial charge in [0.25, 0.3) is 5.91 Å². The minimum absolute atomic E-state index is 0.000824. The van der Waals surface area contributed by atoms with Crippen molar-refractivity contribution in [2.75, 3.05) is 14.1 Å². The number of carbonyl (C=O) groups excluding carboxylic acids is 2. The number of benzene rings is 1. The second-order valence-electron chi connectivity index (χ2n) is 10.2. The fourth-order valence-electron chi connectivity index (χ4n) is 4.91. The molecule has 0 saturated heterocycles. The van der Waals surface area contributed by atoms with E-state index in [-0.39, 0.29) is 30.4 Å². The van der Waals surface area contributed by atoms with Crippen LogP contribution in [0.2, 0.25) is 0 Å². The van der Waals surface area contributed by atoms with E-state index in [1.165, 1.54) is 6.20 Å². The number of Topliss-reactive ketones (excluding diaryl/α,β-unsaturated/α-hetero) is 1. The Balaban J connectivity index is 1.67. The van der Waals surface area contributed by atoms with Gasteiger partial charge in [0, 0.05) is 62.4 Å². The van der Waals surface area contributed by atoms with Gasteiger partial charge in [-0.15, -0.1) is 0 Å². The molecule has 8 nitrogen and oxygen atoms in total. The third-order valence-corrected chi connectivity index (χ3v) is 6.82. The Morgan fingerprint density at radius 3 is 2.45 bits per heavy atom. The van der Waals surface area contributed by atoms with Crippen molar-refractivity contribution in [2.45, 2.75) is 58.3 Å². The summed E-state index contributed by atoms with van der Waals surface area (Å²) in [4.78, 5) is 42.7. The van der Waals surface area contributed by atoms with E-state index in [4.69, 9.17) is 5.11 Å². The van der Waals surface area contributed by atoms with Crippen LogP contribution in [0.4, 0.5) is 0 Å². The van der Waals surface area contributed by atoms with Crippen LogP contribution in [-0.2, 0) is 24.7 Å². The van der Waals surface area contributed by atoms with Crippen LogP contribution in [0.1, 0.15) is 83.0 Å². The molecule has 1 amide bonds. The molecule has 1 unspecified atom stereocenters. The van der Waals surface area contributed by atoms with Crippen molar-refractivity contribution in [2.24, 2.45) is 13.0 Å². The number of pyridine rings is 1. The summed E-state index contributed by atoms with van der Waals surface area (Å²) >= 11 is 0. The van der Waals surface area contributed by atoms with Gasteiger partial charge in [-0.2, -0.15) is 5.26 Å². The molecule has 2 aromatic heterocycles. The summed E-state index contributed by atoms with van der Waals surface area (Å²) in [6, 6.07) is 11.6. The standard InChI is InChI=1S/C30H36N4O4/c1-20(15-27(36)37)14-26(35)28-24-17-22(18-31)19-32-29(24)34(4)25(28)13-8-6-5-7-10-21-11-9-12-23(16-21)30(38)33(2)3/h9,11-12,16-17,19-20H,5-8,10,13-15H2,1-4H3,(H,36,37). The Kier molecular flexibility index (Phi) is 9.78. The Labute approximate surface area is 223 Å². The van der Waals surface area contributed by atoms with Crippen molar-refractivity contribution < 1.29 is 19.5 Å². The van der Waals surface area contributed by atoms with Gasteiger partial charge in [-0.3, -0.25) is 14.4 Å². The van der Waals surface area contributed by atoms with E-state index in [0.29, 0.717) is 34.1 Å². The van der Waals surface area contributed by atoms with Crippen LogP contribution in [0.5, 0.6) is 0 Å². The summed E-state index contributed by atoms with van der Waals surface area (Å²) < 4.78 is 1.93. The van der Waals surface area contributed by atoms with Crippen molar-refractivity contribution in [3.05, 3.63) is 64.5 Å². The van der Waals surface area contributed by atoms with Crippen molar-refractivity contribution in [3.8, 4) is 6.07 Å². The van der Waals surface area contributed by atoms with E-state index in [2.05, 4.69) is 11.1 Å². The molecular formula is C30H36N4O4. The summed E-state index contributed by atoms with van der Waals surface area (Å²) in [5, 5.41) is 19.1. The first kappa shape index (κ1) is 28.6. The molecule has 1 N–H and O–H groups in total. The molecule has 1 aromatic carbocycles. The third-order valence-electron chi connectivity index (χ3n) is 6.82. The van der Waals surface area contributed by atoms with Crippen LogP contribution in [0.15, 0.2) is 36.5 Å². The van der Waals surface area contributed by atoms with Crippen molar-refractivity contribution in [3.63, 3.8) is 0 Å². The summed E-state index contributed by atoms with van der Waals surface area (Å²) in [6.45, 7) is 1.77. The molecule has 8 heteroatoms. The molecule has 0 spiro atoms. The molecule has 0 fully saturated rings. The summed E-state index contributed by atoms with van der Waals surface area (Å²) in [5.41, 5.74) is 4.33. The largest absolute Gasteiger partial charge is 0.481 e. The van der Waals surface area contributed by atoms with E-state index in [1.807, 2.05) is 35.9 Å². The summed E-state index contributed by atoms with van der Waals surface area (Å²) in [7, 11) is 5.38. The van der Waals surface area contributed by atoms with E-state index >= 15 is 0 Å². The Bertz CT molecular complexity index is 1370. The van der Waals surface area contributed by atoms with Crippen LogP contribution in [-0.4, -0.2) is 51.3 Å². The lowest BCUT2D eigenvalue weighted by atomic mass is 9.94. The van der Waals surface area contributed by atoms with Crippen LogP contribution >= 0.6 is 0 Å². The number of nitrogens with zero attached hydrogens (tertiary/aromatic N) is 4. The maximum atomic E-state index is 13.3. The van der Waals surface area contributed by atoms with Crippen molar-refractivity contribution >= 4 is 28.7 Å². The van der Waals surface area contributed by atoms with Crippen LogP contribution < -0.4 is 0 Å². The molecular weight excluding hydrogens is 480 g/mol. The molecule has 0 aliphatic carbocycles. The number of carboxylic acids is 1. The fourth-order valence-corrected chi connectivity index (χ4v) is 4.91. The topological polar surface area (TPSA) is 116 Å². The van der Waals surface area contributed by atoms with Gasteiger partial charge in [0.1, 0.15) is 11.7 Å². The quantitative estimate of drug-likeness (QED) is 0.247. The number of aliphatic carboxylic acids is 1. The lowest BCUT2D eigenvalue weighted by Crippen LogP contribution is -2.21. The smallest absolute Gasteiger partial charge is 0.303 e. The molecule has 0 saturated carbocycles. The Hall–Kier alpha value is -3.99. The van der Waals surface area contributed by atoms with E-state index < -0.39 is 5.97 Å². The highest BCUT2D eigenvalue weighted by molar-refractivity contribution is 6.09. The van der Waals surface area contributed by atoms with Gasteiger partial charge in [0.05, 0.1) is 5.56 Å². The Morgan fingerprint density at radius 1 is 1.08 bits per heavy atom. The monoisotopic (exact) mass is 516 g/mol. The minimum Gasteiger partial charge on any atom is -0.481 e. The number of ketones is 1. The number of carboxylic acid groups (broad SMARTS) is 1. The third kappa shape index (κ3) is 7.06. The number of hydrogen-bond donors (Lipinski definition) is 1. The van der Waals surface area contributed by atoms with E-state index in [9.17, 15) is 19.6 Å². The molecule has 3 aromatic rings. The molecule has 3 rings (SSSR count). The molecule has 0 aliphatic heterocycles. The number of fused-ring (bicyclic) bond motifs is 1. The number of aromatic nitrogens is 2.